The first-order valence-corrected chi connectivity index (χ1v) is 9.34. The van der Waals surface area contributed by atoms with E-state index in [9.17, 15) is 4.79 Å². The van der Waals surface area contributed by atoms with E-state index in [1.165, 1.54) is 0 Å². The summed E-state index contributed by atoms with van der Waals surface area (Å²) in [6.45, 7) is 3.55. The first-order valence-electron chi connectivity index (χ1n) is 9.34. The number of carbonyl (C=O) groups is 1. The number of morpholine rings is 1. The number of benzene rings is 1. The molecule has 28 heavy (non-hydrogen) atoms. The molecule has 7 heteroatoms. The zero-order valence-corrected chi connectivity index (χ0v) is 15.9. The highest BCUT2D eigenvalue weighted by Gasteiger charge is 2.16. The Kier molecular flexibility index (Phi) is 5.34. The second-order valence-corrected chi connectivity index (χ2v) is 6.79. The maximum atomic E-state index is 12.7. The van der Waals surface area contributed by atoms with Crippen LogP contribution in [-0.2, 0) is 11.3 Å². The fourth-order valence-corrected chi connectivity index (χ4v) is 3.22. The zero-order valence-electron chi connectivity index (χ0n) is 15.9. The number of para-hydroxylation sites is 1. The molecule has 1 amide bonds. The number of hydrogen-bond donors (Lipinski definition) is 0. The van der Waals surface area contributed by atoms with E-state index in [4.69, 9.17) is 4.74 Å². The van der Waals surface area contributed by atoms with Crippen LogP contribution in [0.5, 0.6) is 0 Å². The lowest BCUT2D eigenvalue weighted by Gasteiger charge is -2.27. The van der Waals surface area contributed by atoms with Gasteiger partial charge < -0.3 is 14.5 Å². The second kappa shape index (κ2) is 8.22. The summed E-state index contributed by atoms with van der Waals surface area (Å²) in [5, 5.41) is 4.39. The Hall–Kier alpha value is -3.19. The van der Waals surface area contributed by atoms with Crippen LogP contribution >= 0.6 is 0 Å². The first-order chi connectivity index (χ1) is 13.7. The summed E-state index contributed by atoms with van der Waals surface area (Å²) in [7, 11) is 1.79. The third kappa shape index (κ3) is 4.04. The van der Waals surface area contributed by atoms with Gasteiger partial charge in [0.2, 0.25) is 0 Å². The SMILES string of the molecule is CN(Cc1cnn(-c2ccccc2)c1)C(=O)c1ccc(N2CCOCC2)nc1. The molecule has 2 aromatic heterocycles. The van der Waals surface area contributed by atoms with Crippen molar-refractivity contribution in [1.29, 1.82) is 0 Å². The minimum Gasteiger partial charge on any atom is -0.378 e. The summed E-state index contributed by atoms with van der Waals surface area (Å²) >= 11 is 0. The molecule has 0 saturated carbocycles. The molecule has 1 fully saturated rings. The van der Waals surface area contributed by atoms with E-state index < -0.39 is 0 Å². The van der Waals surface area contributed by atoms with Crippen LogP contribution in [-0.4, -0.2) is 58.9 Å². The molecule has 7 nitrogen and oxygen atoms in total. The van der Waals surface area contributed by atoms with E-state index in [2.05, 4.69) is 15.0 Å². The maximum absolute atomic E-state index is 12.7. The lowest BCUT2D eigenvalue weighted by Crippen LogP contribution is -2.36. The molecule has 3 aromatic rings. The van der Waals surface area contributed by atoms with Gasteiger partial charge in [-0.3, -0.25) is 4.79 Å². The number of pyridine rings is 1. The lowest BCUT2D eigenvalue weighted by atomic mass is 10.2. The first kappa shape index (κ1) is 18.2. The van der Waals surface area contributed by atoms with Crippen molar-refractivity contribution >= 4 is 11.7 Å². The minimum absolute atomic E-state index is 0.0616. The molecule has 0 atom stereocenters. The highest BCUT2D eigenvalue weighted by atomic mass is 16.5. The normalized spacial score (nSPS) is 14.1. The van der Waals surface area contributed by atoms with Gasteiger partial charge in [-0.25, -0.2) is 9.67 Å². The third-order valence-electron chi connectivity index (χ3n) is 4.75. The Labute approximate surface area is 164 Å². The number of ether oxygens (including phenoxy) is 1. The number of aromatic nitrogens is 3. The van der Waals surface area contributed by atoms with Gasteiger partial charge in [0.05, 0.1) is 30.7 Å². The highest BCUT2D eigenvalue weighted by Crippen LogP contribution is 2.15. The Morgan fingerprint density at radius 3 is 2.61 bits per heavy atom. The lowest BCUT2D eigenvalue weighted by molar-refractivity contribution is 0.0784. The highest BCUT2D eigenvalue weighted by molar-refractivity contribution is 5.93. The standard InChI is InChI=1S/C21H23N5O2/c1-24(15-17-13-23-26(16-17)19-5-3-2-4-6-19)21(27)18-7-8-20(22-14-18)25-9-11-28-12-10-25/h2-8,13-14,16H,9-12,15H2,1H3. The van der Waals surface area contributed by atoms with Crippen LogP contribution in [0.2, 0.25) is 0 Å². The van der Waals surface area contributed by atoms with Crippen LogP contribution in [0, 0.1) is 0 Å². The minimum atomic E-state index is -0.0616. The van der Waals surface area contributed by atoms with Crippen LogP contribution in [0.15, 0.2) is 61.1 Å². The largest absolute Gasteiger partial charge is 0.378 e. The summed E-state index contributed by atoms with van der Waals surface area (Å²) in [5.74, 6) is 0.820. The van der Waals surface area contributed by atoms with Crippen LogP contribution in [0.3, 0.4) is 0 Å². The van der Waals surface area contributed by atoms with Crippen LogP contribution < -0.4 is 4.90 Å². The van der Waals surface area contributed by atoms with Crippen molar-refractivity contribution in [2.75, 3.05) is 38.3 Å². The van der Waals surface area contributed by atoms with Crippen molar-refractivity contribution < 1.29 is 9.53 Å². The Balaban J connectivity index is 1.40. The summed E-state index contributed by atoms with van der Waals surface area (Å²) in [5.41, 5.74) is 2.54. The van der Waals surface area contributed by atoms with Gasteiger partial charge in [0.1, 0.15) is 5.82 Å². The molecule has 1 saturated heterocycles. The summed E-state index contributed by atoms with van der Waals surface area (Å²) in [4.78, 5) is 21.0. The second-order valence-electron chi connectivity index (χ2n) is 6.79. The van der Waals surface area contributed by atoms with Gasteiger partial charge in [0.15, 0.2) is 0 Å². The monoisotopic (exact) mass is 377 g/mol. The van der Waals surface area contributed by atoms with E-state index in [1.54, 1.807) is 24.3 Å². The molecule has 144 valence electrons. The van der Waals surface area contributed by atoms with Crippen molar-refractivity contribution in [2.24, 2.45) is 0 Å². The summed E-state index contributed by atoms with van der Waals surface area (Å²) in [6.07, 6.45) is 5.38. The molecule has 0 unspecified atom stereocenters. The average molecular weight is 377 g/mol. The van der Waals surface area contributed by atoms with Crippen LogP contribution in [0.25, 0.3) is 5.69 Å². The number of carbonyl (C=O) groups excluding carboxylic acids is 1. The molecule has 0 aliphatic carbocycles. The van der Waals surface area contributed by atoms with Crippen molar-refractivity contribution in [2.45, 2.75) is 6.54 Å². The fraction of sp³-hybridized carbons (Fsp3) is 0.286. The molecule has 1 aromatic carbocycles. The van der Waals surface area contributed by atoms with Gasteiger partial charge in [-0.15, -0.1) is 0 Å². The number of amides is 1. The Morgan fingerprint density at radius 1 is 1.11 bits per heavy atom. The van der Waals surface area contributed by atoms with Crippen molar-refractivity contribution in [1.82, 2.24) is 19.7 Å². The van der Waals surface area contributed by atoms with Gasteiger partial charge in [-0.05, 0) is 24.3 Å². The van der Waals surface area contributed by atoms with Gasteiger partial charge in [-0.1, -0.05) is 18.2 Å². The average Bonchev–Trinajstić information content (AvgIpc) is 3.23. The molecule has 0 spiro atoms. The Bertz CT molecular complexity index is 917. The molecular weight excluding hydrogens is 354 g/mol. The Morgan fingerprint density at radius 2 is 1.89 bits per heavy atom. The molecule has 4 rings (SSSR count). The van der Waals surface area contributed by atoms with Gasteiger partial charge in [-0.2, -0.15) is 5.10 Å². The van der Waals surface area contributed by atoms with E-state index in [0.717, 1.165) is 30.2 Å². The smallest absolute Gasteiger partial charge is 0.255 e. The topological polar surface area (TPSA) is 63.5 Å². The van der Waals surface area contributed by atoms with E-state index in [1.807, 2.05) is 53.3 Å². The molecular formula is C21H23N5O2. The van der Waals surface area contributed by atoms with Gasteiger partial charge in [0, 0.05) is 44.6 Å². The fourth-order valence-electron chi connectivity index (χ4n) is 3.22. The number of nitrogens with zero attached hydrogens (tertiary/aromatic N) is 5. The third-order valence-corrected chi connectivity index (χ3v) is 4.75. The molecule has 0 bridgehead atoms. The van der Waals surface area contributed by atoms with Crippen LogP contribution in [0.1, 0.15) is 15.9 Å². The van der Waals surface area contributed by atoms with E-state index >= 15 is 0 Å². The van der Waals surface area contributed by atoms with E-state index in [-0.39, 0.29) is 5.91 Å². The quantitative estimate of drug-likeness (QED) is 0.683. The number of hydrogen-bond acceptors (Lipinski definition) is 5. The van der Waals surface area contributed by atoms with Crippen molar-refractivity contribution in [3.8, 4) is 5.69 Å². The predicted molar refractivity (Wildman–Crippen MR) is 107 cm³/mol. The zero-order chi connectivity index (χ0) is 19.3. The summed E-state index contributed by atoms with van der Waals surface area (Å²) < 4.78 is 7.18. The summed E-state index contributed by atoms with van der Waals surface area (Å²) in [6, 6.07) is 13.6. The number of anilines is 1. The van der Waals surface area contributed by atoms with Gasteiger partial charge >= 0.3 is 0 Å². The molecule has 0 N–H and O–H groups in total. The van der Waals surface area contributed by atoms with Crippen molar-refractivity contribution in [3.63, 3.8) is 0 Å². The molecule has 1 aliphatic rings. The molecule has 0 radical (unpaired) electrons. The maximum Gasteiger partial charge on any atom is 0.255 e. The predicted octanol–water partition coefficient (Wildman–Crippen LogP) is 2.38. The van der Waals surface area contributed by atoms with Gasteiger partial charge in [0.25, 0.3) is 5.91 Å². The molecule has 1 aliphatic heterocycles. The van der Waals surface area contributed by atoms with E-state index in [0.29, 0.717) is 25.3 Å². The van der Waals surface area contributed by atoms with Crippen LogP contribution in [0.4, 0.5) is 5.82 Å². The molecule has 3 heterocycles. The number of rotatable bonds is 5. The van der Waals surface area contributed by atoms with Crippen molar-refractivity contribution in [3.05, 3.63) is 72.2 Å².